The fourth-order valence-electron chi connectivity index (χ4n) is 3.53. The molecule has 2 atom stereocenters. The Morgan fingerprint density at radius 3 is 2.62 bits per heavy atom. The van der Waals surface area contributed by atoms with Crippen molar-refractivity contribution in [1.29, 1.82) is 0 Å². The van der Waals surface area contributed by atoms with E-state index in [0.29, 0.717) is 24.4 Å². The van der Waals surface area contributed by atoms with E-state index in [2.05, 4.69) is 33.8 Å². The molecule has 21 heavy (non-hydrogen) atoms. The highest BCUT2D eigenvalue weighted by atomic mass is 16.5. The van der Waals surface area contributed by atoms with E-state index in [1.165, 1.54) is 13.1 Å². The maximum Gasteiger partial charge on any atom is 0.227 e. The first-order chi connectivity index (χ1) is 10.2. The van der Waals surface area contributed by atoms with Crippen LogP contribution in [0.4, 0.5) is 0 Å². The van der Waals surface area contributed by atoms with Crippen molar-refractivity contribution in [1.82, 2.24) is 19.9 Å². The molecule has 6 nitrogen and oxygen atoms in total. The molecule has 3 aliphatic heterocycles. The van der Waals surface area contributed by atoms with Crippen LogP contribution in [0.1, 0.15) is 38.0 Å². The molecule has 6 heteroatoms. The van der Waals surface area contributed by atoms with Gasteiger partial charge in [-0.3, -0.25) is 9.80 Å². The molecule has 0 spiro atoms. The van der Waals surface area contributed by atoms with Crippen LogP contribution in [0.15, 0.2) is 4.52 Å². The number of nitrogens with two attached hydrogens (primary N) is 1. The Hall–Kier alpha value is -0.980. The van der Waals surface area contributed by atoms with E-state index in [1.807, 2.05) is 0 Å². The zero-order chi connectivity index (χ0) is 14.8. The number of hydrogen-bond acceptors (Lipinski definition) is 6. The molecule has 3 aliphatic rings. The molecule has 1 aromatic heterocycles. The van der Waals surface area contributed by atoms with Crippen LogP contribution >= 0.6 is 0 Å². The van der Waals surface area contributed by atoms with Gasteiger partial charge in [-0.1, -0.05) is 19.0 Å². The van der Waals surface area contributed by atoms with Crippen molar-refractivity contribution in [2.24, 2.45) is 17.6 Å². The van der Waals surface area contributed by atoms with Gasteiger partial charge in [0.25, 0.3) is 0 Å². The summed E-state index contributed by atoms with van der Waals surface area (Å²) in [5.74, 6) is 2.69. The van der Waals surface area contributed by atoms with Gasteiger partial charge < -0.3 is 10.3 Å². The van der Waals surface area contributed by atoms with E-state index in [1.54, 1.807) is 0 Å². The summed E-state index contributed by atoms with van der Waals surface area (Å²) in [4.78, 5) is 9.61. The summed E-state index contributed by atoms with van der Waals surface area (Å²) in [5, 5.41) is 4.23. The third kappa shape index (κ3) is 3.44. The van der Waals surface area contributed by atoms with Crippen molar-refractivity contribution in [2.75, 3.05) is 39.3 Å². The zero-order valence-electron chi connectivity index (χ0n) is 13.2. The Labute approximate surface area is 126 Å². The van der Waals surface area contributed by atoms with Gasteiger partial charge in [0.15, 0.2) is 5.82 Å². The van der Waals surface area contributed by atoms with Gasteiger partial charge in [0.1, 0.15) is 0 Å². The van der Waals surface area contributed by atoms with Crippen LogP contribution in [-0.4, -0.2) is 59.2 Å². The molecule has 4 heterocycles. The SMILES string of the molecule is CC(C)C[C@H](CN)Cc1nc(C2CN3CCN2CC3)no1. The molecule has 0 aliphatic carbocycles. The molecule has 1 aromatic rings. The number of piperazine rings is 3. The van der Waals surface area contributed by atoms with E-state index in [4.69, 9.17) is 10.3 Å². The number of fused-ring (bicyclic) bond motifs is 3. The normalized spacial score (nSPS) is 30.0. The van der Waals surface area contributed by atoms with E-state index in [9.17, 15) is 0 Å². The lowest BCUT2D eigenvalue weighted by atomic mass is 9.94. The highest BCUT2D eigenvalue weighted by Gasteiger charge is 2.35. The lowest BCUT2D eigenvalue weighted by Crippen LogP contribution is -2.57. The van der Waals surface area contributed by atoms with Crippen molar-refractivity contribution in [3.05, 3.63) is 11.7 Å². The Morgan fingerprint density at radius 2 is 2.05 bits per heavy atom. The standard InChI is InChI=1S/C15H27N5O/c1-11(2)7-12(9-16)8-14-17-15(18-21-14)13-10-19-3-5-20(13)6-4-19/h11-13H,3-10,16H2,1-2H3/t12-,13?/m0/s1. The minimum atomic E-state index is 0.312. The molecule has 3 saturated heterocycles. The zero-order valence-corrected chi connectivity index (χ0v) is 13.2. The van der Waals surface area contributed by atoms with Gasteiger partial charge in [-0.15, -0.1) is 0 Å². The summed E-state index contributed by atoms with van der Waals surface area (Å²) in [7, 11) is 0. The lowest BCUT2D eigenvalue weighted by Gasteiger charge is -2.46. The molecular weight excluding hydrogens is 266 g/mol. The summed E-state index contributed by atoms with van der Waals surface area (Å²) in [5.41, 5.74) is 5.86. The molecule has 0 amide bonds. The van der Waals surface area contributed by atoms with E-state index >= 15 is 0 Å². The average Bonchev–Trinajstić information content (AvgIpc) is 2.95. The van der Waals surface area contributed by atoms with Crippen LogP contribution < -0.4 is 5.73 Å². The summed E-state index contributed by atoms with van der Waals surface area (Å²) < 4.78 is 5.48. The van der Waals surface area contributed by atoms with E-state index in [-0.39, 0.29) is 0 Å². The Bertz CT molecular complexity index is 453. The first kappa shape index (κ1) is 14.9. The number of hydrogen-bond donors (Lipinski definition) is 1. The number of nitrogens with zero attached hydrogens (tertiary/aromatic N) is 4. The number of rotatable bonds is 6. The highest BCUT2D eigenvalue weighted by molar-refractivity contribution is 5.01. The van der Waals surface area contributed by atoms with Crippen molar-refractivity contribution >= 4 is 0 Å². The Balaban J connectivity index is 1.63. The summed E-state index contributed by atoms with van der Waals surface area (Å²) in [6.45, 7) is 10.7. The van der Waals surface area contributed by atoms with Crippen LogP contribution in [0.25, 0.3) is 0 Å². The maximum absolute atomic E-state index is 5.86. The number of aromatic nitrogens is 2. The molecule has 0 radical (unpaired) electrons. The van der Waals surface area contributed by atoms with Crippen molar-refractivity contribution in [3.8, 4) is 0 Å². The van der Waals surface area contributed by atoms with Gasteiger partial charge in [-0.2, -0.15) is 4.98 Å². The van der Waals surface area contributed by atoms with Gasteiger partial charge in [0.2, 0.25) is 5.89 Å². The smallest absolute Gasteiger partial charge is 0.227 e. The molecule has 2 N–H and O–H groups in total. The van der Waals surface area contributed by atoms with Gasteiger partial charge in [-0.05, 0) is 24.8 Å². The molecule has 0 saturated carbocycles. The topological polar surface area (TPSA) is 71.4 Å². The molecule has 118 valence electrons. The van der Waals surface area contributed by atoms with Crippen LogP contribution in [-0.2, 0) is 6.42 Å². The lowest BCUT2D eigenvalue weighted by molar-refractivity contribution is 0.00781. The Kier molecular flexibility index (Phi) is 4.57. The second-order valence-corrected chi connectivity index (χ2v) is 6.83. The molecule has 4 rings (SSSR count). The van der Waals surface area contributed by atoms with Gasteiger partial charge in [-0.25, -0.2) is 0 Å². The van der Waals surface area contributed by atoms with Crippen molar-refractivity contribution < 1.29 is 4.52 Å². The molecule has 3 fully saturated rings. The van der Waals surface area contributed by atoms with Gasteiger partial charge in [0, 0.05) is 39.1 Å². The second kappa shape index (κ2) is 6.42. The molecule has 1 unspecified atom stereocenters. The minimum Gasteiger partial charge on any atom is -0.339 e. The monoisotopic (exact) mass is 293 g/mol. The third-order valence-corrected chi connectivity index (χ3v) is 4.66. The van der Waals surface area contributed by atoms with Gasteiger partial charge >= 0.3 is 0 Å². The predicted octanol–water partition coefficient (Wildman–Crippen LogP) is 0.905. The van der Waals surface area contributed by atoms with Crippen LogP contribution in [0, 0.1) is 11.8 Å². The van der Waals surface area contributed by atoms with Crippen LogP contribution in [0.3, 0.4) is 0 Å². The molecular formula is C15H27N5O. The minimum absolute atomic E-state index is 0.312. The fraction of sp³-hybridized carbons (Fsp3) is 0.867. The van der Waals surface area contributed by atoms with Crippen molar-refractivity contribution in [3.63, 3.8) is 0 Å². The van der Waals surface area contributed by atoms with Crippen LogP contribution in [0.2, 0.25) is 0 Å². The summed E-state index contributed by atoms with van der Waals surface area (Å²) in [6.07, 6.45) is 1.91. The van der Waals surface area contributed by atoms with E-state index < -0.39 is 0 Å². The van der Waals surface area contributed by atoms with E-state index in [0.717, 1.165) is 44.2 Å². The average molecular weight is 293 g/mol. The second-order valence-electron chi connectivity index (χ2n) is 6.83. The molecule has 2 bridgehead atoms. The summed E-state index contributed by atoms with van der Waals surface area (Å²) in [6, 6.07) is 0.312. The maximum atomic E-state index is 5.86. The first-order valence-electron chi connectivity index (χ1n) is 8.14. The van der Waals surface area contributed by atoms with Crippen molar-refractivity contribution in [2.45, 2.75) is 32.7 Å². The Morgan fingerprint density at radius 1 is 1.29 bits per heavy atom. The summed E-state index contributed by atoms with van der Waals surface area (Å²) >= 11 is 0. The quantitative estimate of drug-likeness (QED) is 0.840. The third-order valence-electron chi connectivity index (χ3n) is 4.66. The van der Waals surface area contributed by atoms with Crippen LogP contribution in [0.5, 0.6) is 0 Å². The predicted molar refractivity (Wildman–Crippen MR) is 80.8 cm³/mol. The van der Waals surface area contributed by atoms with Gasteiger partial charge in [0.05, 0.1) is 6.04 Å². The fourth-order valence-corrected chi connectivity index (χ4v) is 3.53. The highest BCUT2D eigenvalue weighted by Crippen LogP contribution is 2.27. The largest absolute Gasteiger partial charge is 0.339 e. The molecule has 0 aromatic carbocycles. The first-order valence-corrected chi connectivity index (χ1v) is 8.14.